The number of hydrogen-bond donors (Lipinski definition) is 0. The van der Waals surface area contributed by atoms with E-state index in [1.807, 2.05) is 6.92 Å². The zero-order chi connectivity index (χ0) is 15.5. The summed E-state index contributed by atoms with van der Waals surface area (Å²) in [6.45, 7) is 13.8. The third-order valence-corrected chi connectivity index (χ3v) is 5.04. The van der Waals surface area contributed by atoms with Gasteiger partial charge in [0.05, 0.1) is 12.7 Å². The summed E-state index contributed by atoms with van der Waals surface area (Å²) in [5, 5.41) is 0. The van der Waals surface area contributed by atoms with E-state index in [4.69, 9.17) is 4.74 Å². The van der Waals surface area contributed by atoms with Crippen molar-refractivity contribution in [3.05, 3.63) is 48.0 Å². The summed E-state index contributed by atoms with van der Waals surface area (Å²) in [6.07, 6.45) is 4.09. The van der Waals surface area contributed by atoms with Crippen LogP contribution < -0.4 is 0 Å². The van der Waals surface area contributed by atoms with Crippen molar-refractivity contribution < 1.29 is 4.74 Å². The van der Waals surface area contributed by atoms with Gasteiger partial charge < -0.3 is 4.74 Å². The molecule has 1 aliphatic carbocycles. The van der Waals surface area contributed by atoms with Crippen LogP contribution in [0.1, 0.15) is 52.5 Å². The highest BCUT2D eigenvalue weighted by Gasteiger charge is 2.40. The monoisotopic (exact) mass is 286 g/mol. The first kappa shape index (κ1) is 16.3. The van der Waals surface area contributed by atoms with E-state index < -0.39 is 0 Å². The Hall–Kier alpha value is -1.08. The van der Waals surface area contributed by atoms with Gasteiger partial charge in [-0.2, -0.15) is 0 Å². The molecule has 0 saturated heterocycles. The third-order valence-electron chi connectivity index (χ3n) is 5.04. The highest BCUT2D eigenvalue weighted by atomic mass is 16.5. The van der Waals surface area contributed by atoms with Crippen molar-refractivity contribution in [3.8, 4) is 0 Å². The second-order valence-corrected chi connectivity index (χ2v) is 7.42. The molecule has 0 heterocycles. The first-order chi connectivity index (χ1) is 9.91. The number of ether oxygens (including phenoxy) is 1. The van der Waals surface area contributed by atoms with E-state index in [0.29, 0.717) is 18.6 Å². The summed E-state index contributed by atoms with van der Waals surface area (Å²) < 4.78 is 6.24. The second kappa shape index (κ2) is 6.79. The smallest absolute Gasteiger partial charge is 0.0675 e. The Kier molecular flexibility index (Phi) is 5.27. The predicted octanol–water partition coefficient (Wildman–Crippen LogP) is 5.36. The molecule has 0 amide bonds. The Morgan fingerprint density at radius 1 is 1.24 bits per heavy atom. The maximum absolute atomic E-state index is 6.24. The lowest BCUT2D eigenvalue weighted by Crippen LogP contribution is -2.42. The fourth-order valence-electron chi connectivity index (χ4n) is 3.67. The molecule has 1 aliphatic rings. The third kappa shape index (κ3) is 3.97. The normalized spacial score (nSPS) is 26.6. The van der Waals surface area contributed by atoms with Crippen LogP contribution in [0.5, 0.6) is 0 Å². The lowest BCUT2D eigenvalue weighted by atomic mass is 9.64. The Balaban J connectivity index is 2.19. The zero-order valence-corrected chi connectivity index (χ0v) is 14.1. The minimum atomic E-state index is 0.154. The van der Waals surface area contributed by atoms with E-state index in [1.165, 1.54) is 24.8 Å². The van der Waals surface area contributed by atoms with Crippen molar-refractivity contribution in [2.75, 3.05) is 6.61 Å². The lowest BCUT2D eigenvalue weighted by molar-refractivity contribution is -0.0370. The zero-order valence-electron chi connectivity index (χ0n) is 14.1. The van der Waals surface area contributed by atoms with E-state index in [0.717, 1.165) is 11.5 Å². The second-order valence-electron chi connectivity index (χ2n) is 7.42. The van der Waals surface area contributed by atoms with Crippen LogP contribution >= 0.6 is 0 Å². The van der Waals surface area contributed by atoms with Gasteiger partial charge in [0.25, 0.3) is 0 Å². The van der Waals surface area contributed by atoms with Crippen LogP contribution in [-0.2, 0) is 10.2 Å². The van der Waals surface area contributed by atoms with Crippen LogP contribution in [0.2, 0.25) is 0 Å². The molecule has 1 aromatic carbocycles. The molecular formula is C20H30O. The highest BCUT2D eigenvalue weighted by molar-refractivity contribution is 5.25. The quantitative estimate of drug-likeness (QED) is 0.662. The first-order valence-electron chi connectivity index (χ1n) is 8.22. The SMILES string of the molecule is C=C(C)CO[C@@H]1C[C@H](C)CC[C@H]1C(C)(C)c1ccccc1. The summed E-state index contributed by atoms with van der Waals surface area (Å²) in [7, 11) is 0. The van der Waals surface area contributed by atoms with Crippen LogP contribution in [0, 0.1) is 11.8 Å². The van der Waals surface area contributed by atoms with E-state index in [1.54, 1.807) is 0 Å². The molecular weight excluding hydrogens is 256 g/mol. The van der Waals surface area contributed by atoms with Crippen molar-refractivity contribution in [3.63, 3.8) is 0 Å². The minimum Gasteiger partial charge on any atom is -0.374 e. The van der Waals surface area contributed by atoms with Crippen molar-refractivity contribution in [2.24, 2.45) is 11.8 Å². The van der Waals surface area contributed by atoms with Crippen LogP contribution in [-0.4, -0.2) is 12.7 Å². The molecule has 1 aromatic rings. The molecule has 3 atom stereocenters. The summed E-state index contributed by atoms with van der Waals surface area (Å²) in [5.74, 6) is 1.35. The molecule has 0 spiro atoms. The molecule has 1 saturated carbocycles. The van der Waals surface area contributed by atoms with Gasteiger partial charge in [0.15, 0.2) is 0 Å². The molecule has 0 aliphatic heterocycles. The number of benzene rings is 1. The molecule has 0 bridgehead atoms. The van der Waals surface area contributed by atoms with Crippen LogP contribution in [0.15, 0.2) is 42.5 Å². The highest BCUT2D eigenvalue weighted by Crippen LogP contribution is 2.43. The van der Waals surface area contributed by atoms with Gasteiger partial charge >= 0.3 is 0 Å². The van der Waals surface area contributed by atoms with Crippen molar-refractivity contribution in [1.82, 2.24) is 0 Å². The van der Waals surface area contributed by atoms with Gasteiger partial charge in [-0.25, -0.2) is 0 Å². The predicted molar refractivity (Wildman–Crippen MR) is 90.5 cm³/mol. The Bertz CT molecular complexity index is 460. The van der Waals surface area contributed by atoms with Gasteiger partial charge in [-0.15, -0.1) is 0 Å². The Morgan fingerprint density at radius 2 is 1.90 bits per heavy atom. The summed E-state index contributed by atoms with van der Waals surface area (Å²) in [4.78, 5) is 0. The van der Waals surface area contributed by atoms with Gasteiger partial charge in [0.2, 0.25) is 0 Å². The molecule has 21 heavy (non-hydrogen) atoms. The van der Waals surface area contributed by atoms with Crippen molar-refractivity contribution in [2.45, 2.75) is 58.5 Å². The molecule has 2 rings (SSSR count). The van der Waals surface area contributed by atoms with Gasteiger partial charge in [-0.05, 0) is 42.6 Å². The molecule has 0 radical (unpaired) electrons. The molecule has 116 valence electrons. The Morgan fingerprint density at radius 3 is 2.52 bits per heavy atom. The molecule has 0 unspecified atom stereocenters. The minimum absolute atomic E-state index is 0.154. The number of hydrogen-bond acceptors (Lipinski definition) is 1. The largest absolute Gasteiger partial charge is 0.374 e. The maximum atomic E-state index is 6.24. The fraction of sp³-hybridized carbons (Fsp3) is 0.600. The molecule has 1 heteroatoms. The van der Waals surface area contributed by atoms with E-state index in [9.17, 15) is 0 Å². The van der Waals surface area contributed by atoms with Crippen LogP contribution in [0.4, 0.5) is 0 Å². The maximum Gasteiger partial charge on any atom is 0.0675 e. The van der Waals surface area contributed by atoms with Gasteiger partial charge in [0, 0.05) is 0 Å². The van der Waals surface area contributed by atoms with Crippen molar-refractivity contribution in [1.29, 1.82) is 0 Å². The average Bonchev–Trinajstić information content (AvgIpc) is 2.46. The molecule has 1 fully saturated rings. The van der Waals surface area contributed by atoms with E-state index >= 15 is 0 Å². The summed E-state index contributed by atoms with van der Waals surface area (Å²) in [5.41, 5.74) is 2.69. The van der Waals surface area contributed by atoms with Crippen molar-refractivity contribution >= 4 is 0 Å². The summed E-state index contributed by atoms with van der Waals surface area (Å²) >= 11 is 0. The average molecular weight is 286 g/mol. The van der Waals surface area contributed by atoms with Gasteiger partial charge in [-0.3, -0.25) is 0 Å². The molecule has 0 aromatic heterocycles. The van der Waals surface area contributed by atoms with E-state index in [2.05, 4.69) is 57.7 Å². The van der Waals surface area contributed by atoms with Crippen LogP contribution in [0.25, 0.3) is 0 Å². The standard InChI is InChI=1S/C20H30O/c1-15(2)14-21-19-13-16(3)11-12-18(19)20(4,5)17-9-7-6-8-10-17/h6-10,16,18-19H,1,11-14H2,2-5H3/t16-,18-,19-/m1/s1. The lowest BCUT2D eigenvalue weighted by Gasteiger charge is -2.44. The molecule has 1 nitrogen and oxygen atoms in total. The van der Waals surface area contributed by atoms with Crippen LogP contribution in [0.3, 0.4) is 0 Å². The number of rotatable bonds is 5. The van der Waals surface area contributed by atoms with Gasteiger partial charge in [0.1, 0.15) is 0 Å². The van der Waals surface area contributed by atoms with Gasteiger partial charge in [-0.1, -0.05) is 69.7 Å². The van der Waals surface area contributed by atoms with E-state index in [-0.39, 0.29) is 5.41 Å². The Labute approximate surface area is 130 Å². The first-order valence-corrected chi connectivity index (χ1v) is 8.22. The topological polar surface area (TPSA) is 9.23 Å². The fourth-order valence-corrected chi connectivity index (χ4v) is 3.67. The molecule has 0 N–H and O–H groups in total. The summed E-state index contributed by atoms with van der Waals surface area (Å²) in [6, 6.07) is 10.9.